The molecule has 0 saturated carbocycles. The summed E-state index contributed by atoms with van der Waals surface area (Å²) in [5.74, 6) is -0.452. The minimum Gasteiger partial charge on any atom is -0.398 e. The highest BCUT2D eigenvalue weighted by molar-refractivity contribution is 6.00. The van der Waals surface area contributed by atoms with Crippen LogP contribution in [0.1, 0.15) is 31.0 Å². The number of nitrogen functional groups attached to an aromatic ring is 1. The summed E-state index contributed by atoms with van der Waals surface area (Å²) in [6.07, 6.45) is 0. The van der Waals surface area contributed by atoms with Crippen molar-refractivity contribution < 1.29 is 18.5 Å². The number of nitrogens with two attached hydrogens (primary N) is 1. The Labute approximate surface area is 144 Å². The first-order valence-corrected chi connectivity index (χ1v) is 6.40. The maximum atomic E-state index is 12.2. The first kappa shape index (κ1) is 6.49. The molecule has 3 aromatic carbocycles. The number of hydrogen-bond acceptors (Lipinski definition) is 2. The van der Waals surface area contributed by atoms with Crippen molar-refractivity contribution in [3.05, 3.63) is 78.1 Å². The number of carbonyl (C=O) groups is 1. The average molecular weight is 297 g/mol. The standard InChI is InChI=1S/C20H17NO/c1-14(22)17-12-18(15-8-4-2-5-9-15)20(21)19(13-17)16-10-6-3-7-11-16/h2-13H,21H2,1H3/i2D,3D,4D,5D,6D,7D,8D,9D,10D,11D. The largest absolute Gasteiger partial charge is 0.398 e. The van der Waals surface area contributed by atoms with Gasteiger partial charge in [0.25, 0.3) is 0 Å². The van der Waals surface area contributed by atoms with Crippen molar-refractivity contribution in [2.45, 2.75) is 6.92 Å². The van der Waals surface area contributed by atoms with Gasteiger partial charge in [0.1, 0.15) is 0 Å². The third-order valence-electron chi connectivity index (χ3n) is 3.13. The van der Waals surface area contributed by atoms with Crippen LogP contribution in [0.2, 0.25) is 0 Å². The number of anilines is 1. The lowest BCUT2D eigenvalue weighted by molar-refractivity contribution is 0.101. The molecule has 2 N–H and O–H groups in total. The van der Waals surface area contributed by atoms with E-state index in [-0.39, 0.29) is 33.5 Å². The fraction of sp³-hybridized carbons (Fsp3) is 0.0500. The smallest absolute Gasteiger partial charge is 0.159 e. The molecular formula is C20H17NO. The molecule has 0 aliphatic rings. The molecular weight excluding hydrogens is 270 g/mol. The maximum absolute atomic E-state index is 12.2. The van der Waals surface area contributed by atoms with E-state index < -0.39 is 66.2 Å². The summed E-state index contributed by atoms with van der Waals surface area (Å²) in [7, 11) is 0. The van der Waals surface area contributed by atoms with Gasteiger partial charge in [-0.3, -0.25) is 4.79 Å². The van der Waals surface area contributed by atoms with Gasteiger partial charge >= 0.3 is 0 Å². The molecule has 0 amide bonds. The zero-order valence-electron chi connectivity index (χ0n) is 21.6. The molecule has 0 aromatic heterocycles. The van der Waals surface area contributed by atoms with E-state index in [2.05, 4.69) is 0 Å². The van der Waals surface area contributed by atoms with E-state index in [0.717, 1.165) is 0 Å². The molecule has 0 heterocycles. The van der Waals surface area contributed by atoms with E-state index in [1.165, 1.54) is 19.1 Å². The van der Waals surface area contributed by atoms with Crippen LogP contribution in [-0.2, 0) is 0 Å². The van der Waals surface area contributed by atoms with E-state index in [1.807, 2.05) is 0 Å². The second-order valence-corrected chi connectivity index (χ2v) is 4.54. The van der Waals surface area contributed by atoms with Crippen LogP contribution >= 0.6 is 0 Å². The summed E-state index contributed by atoms with van der Waals surface area (Å²) >= 11 is 0. The lowest BCUT2D eigenvalue weighted by Crippen LogP contribution is -2.00. The molecule has 3 aromatic rings. The number of benzene rings is 3. The monoisotopic (exact) mass is 297 g/mol. The van der Waals surface area contributed by atoms with Crippen LogP contribution in [0.25, 0.3) is 22.3 Å². The number of Topliss-reactive ketones (excluding diaryl/α,β-unsaturated/α-hetero) is 1. The number of hydrogen-bond donors (Lipinski definition) is 1. The summed E-state index contributed by atoms with van der Waals surface area (Å²) in [5, 5.41) is 0. The van der Waals surface area contributed by atoms with E-state index in [9.17, 15) is 4.79 Å². The van der Waals surface area contributed by atoms with Gasteiger partial charge < -0.3 is 5.73 Å². The van der Waals surface area contributed by atoms with Crippen LogP contribution < -0.4 is 5.73 Å². The van der Waals surface area contributed by atoms with Gasteiger partial charge in [-0.2, -0.15) is 0 Å². The zero-order chi connectivity index (χ0) is 24.2. The predicted molar refractivity (Wildman–Crippen MR) is 91.7 cm³/mol. The predicted octanol–water partition coefficient (Wildman–Crippen LogP) is 4.81. The third kappa shape index (κ3) is 2.63. The number of rotatable bonds is 3. The average Bonchev–Trinajstić information content (AvgIpc) is 2.75. The third-order valence-corrected chi connectivity index (χ3v) is 3.13. The summed E-state index contributed by atoms with van der Waals surface area (Å²) in [4.78, 5) is 12.2. The van der Waals surface area contributed by atoms with Gasteiger partial charge in [0.2, 0.25) is 0 Å². The Morgan fingerprint density at radius 1 is 0.864 bits per heavy atom. The van der Waals surface area contributed by atoms with Gasteiger partial charge in [0, 0.05) is 22.4 Å². The van der Waals surface area contributed by atoms with Crippen molar-refractivity contribution in [3.63, 3.8) is 0 Å². The van der Waals surface area contributed by atoms with Crippen molar-refractivity contribution in [2.75, 3.05) is 5.73 Å². The molecule has 22 heavy (non-hydrogen) atoms. The molecule has 2 heteroatoms. The molecule has 0 atom stereocenters. The number of ketones is 1. The fourth-order valence-electron chi connectivity index (χ4n) is 2.04. The minimum absolute atomic E-state index is 0.0304. The van der Waals surface area contributed by atoms with Crippen molar-refractivity contribution >= 4 is 11.5 Å². The first-order valence-electron chi connectivity index (χ1n) is 11.4. The Balaban J connectivity index is 2.53. The SMILES string of the molecule is [2H]c1c([2H])c([2H])c(-c2cc(C(C)=O)cc(-c3c([2H])c([2H])c([2H])c([2H])c3[2H])c2N)c([2H])c1[2H]. The fourth-order valence-corrected chi connectivity index (χ4v) is 2.04. The van der Waals surface area contributed by atoms with Crippen molar-refractivity contribution in [1.29, 1.82) is 0 Å². The molecule has 0 saturated heterocycles. The van der Waals surface area contributed by atoms with E-state index in [0.29, 0.717) is 0 Å². The van der Waals surface area contributed by atoms with Gasteiger partial charge in [-0.05, 0) is 30.2 Å². The van der Waals surface area contributed by atoms with Crippen LogP contribution in [0.3, 0.4) is 0 Å². The lowest BCUT2D eigenvalue weighted by atomic mass is 9.92. The lowest BCUT2D eigenvalue weighted by Gasteiger charge is -2.14. The van der Waals surface area contributed by atoms with Crippen molar-refractivity contribution in [2.24, 2.45) is 0 Å². The first-order chi connectivity index (χ1) is 14.8. The van der Waals surface area contributed by atoms with E-state index >= 15 is 0 Å². The minimum atomic E-state index is -0.601. The molecule has 2 nitrogen and oxygen atoms in total. The number of carbonyl (C=O) groups excluding carboxylic acids is 1. The van der Waals surface area contributed by atoms with Crippen LogP contribution in [0.15, 0.2) is 72.6 Å². The Kier molecular flexibility index (Phi) is 1.73. The Hall–Kier alpha value is -2.87. The maximum Gasteiger partial charge on any atom is 0.159 e. The van der Waals surface area contributed by atoms with E-state index in [1.54, 1.807) is 0 Å². The molecule has 0 fully saturated rings. The highest BCUT2D eigenvalue weighted by Gasteiger charge is 2.13. The topological polar surface area (TPSA) is 43.1 Å². The summed E-state index contributed by atoms with van der Waals surface area (Å²) in [5.41, 5.74) is 5.46. The highest BCUT2D eigenvalue weighted by atomic mass is 16.1. The van der Waals surface area contributed by atoms with Crippen LogP contribution in [0.5, 0.6) is 0 Å². The van der Waals surface area contributed by atoms with Crippen LogP contribution in [0, 0.1) is 0 Å². The Morgan fingerprint density at radius 3 is 1.64 bits per heavy atom. The van der Waals surface area contributed by atoms with Gasteiger partial charge in [0.05, 0.1) is 13.7 Å². The quantitative estimate of drug-likeness (QED) is 0.557. The normalized spacial score (nSPS) is 16.8. The van der Waals surface area contributed by atoms with Gasteiger partial charge in [0.15, 0.2) is 5.78 Å². The van der Waals surface area contributed by atoms with E-state index in [4.69, 9.17) is 19.4 Å². The summed E-state index contributed by atoms with van der Waals surface area (Å²) in [6.45, 7) is 1.24. The van der Waals surface area contributed by atoms with Crippen molar-refractivity contribution in [1.82, 2.24) is 0 Å². The molecule has 0 unspecified atom stereocenters. The van der Waals surface area contributed by atoms with Crippen molar-refractivity contribution in [3.8, 4) is 22.3 Å². The summed E-state index contributed by atoms with van der Waals surface area (Å²) in [6, 6.07) is -3.25. The summed E-state index contributed by atoms with van der Waals surface area (Å²) < 4.78 is 80.1. The zero-order valence-corrected chi connectivity index (χ0v) is 11.6. The molecule has 0 bridgehead atoms. The Bertz CT molecular complexity index is 1170. The van der Waals surface area contributed by atoms with Crippen LogP contribution in [-0.4, -0.2) is 5.78 Å². The molecule has 108 valence electrons. The second-order valence-electron chi connectivity index (χ2n) is 4.54. The molecule has 0 spiro atoms. The molecule has 0 radical (unpaired) electrons. The second kappa shape index (κ2) is 5.86. The highest BCUT2D eigenvalue weighted by Crippen LogP contribution is 2.36. The Morgan fingerprint density at radius 2 is 1.27 bits per heavy atom. The van der Waals surface area contributed by atoms with Gasteiger partial charge in [-0.1, -0.05) is 60.4 Å². The van der Waals surface area contributed by atoms with Gasteiger partial charge in [-0.25, -0.2) is 0 Å². The molecule has 3 rings (SSSR count). The molecule has 0 aliphatic carbocycles. The van der Waals surface area contributed by atoms with Crippen LogP contribution in [0.4, 0.5) is 5.69 Å². The molecule has 0 aliphatic heterocycles. The van der Waals surface area contributed by atoms with Gasteiger partial charge in [-0.15, -0.1) is 0 Å².